The van der Waals surface area contributed by atoms with E-state index in [4.69, 9.17) is 50.8 Å². The number of aromatic nitrogens is 1. The molecule has 0 aliphatic carbocycles. The van der Waals surface area contributed by atoms with Crippen molar-refractivity contribution >= 4 is 69.1 Å². The Bertz CT molecular complexity index is 1220. The van der Waals surface area contributed by atoms with Gasteiger partial charge in [0.15, 0.2) is 5.58 Å². The number of carbonyl (C=O) groups excluding carboxylic acids is 1. The standard InChI is InChI=1S/C20H10Cl4N2O2/c21-11-2-5-14(23)13(8-11)19(27)25-16-7-10(1-4-15(16)24)20-26-17-9-12(22)3-6-18(17)28-20/h1-9H,(H,25,27). The molecule has 4 aromatic rings. The summed E-state index contributed by atoms with van der Waals surface area (Å²) in [5.74, 6) is -0.0545. The number of carbonyl (C=O) groups is 1. The van der Waals surface area contributed by atoms with Crippen LogP contribution in [0, 0.1) is 0 Å². The molecule has 0 saturated heterocycles. The summed E-state index contributed by atoms with van der Waals surface area (Å²) in [5.41, 5.74) is 2.51. The van der Waals surface area contributed by atoms with E-state index in [1.807, 2.05) is 0 Å². The molecule has 0 unspecified atom stereocenters. The highest BCUT2D eigenvalue weighted by Gasteiger charge is 2.15. The number of nitrogens with zero attached hydrogens (tertiary/aromatic N) is 1. The van der Waals surface area contributed by atoms with Gasteiger partial charge in [0.05, 0.1) is 21.3 Å². The average molecular weight is 452 g/mol. The molecule has 1 N–H and O–H groups in total. The fourth-order valence-corrected chi connectivity index (χ4v) is 3.35. The number of rotatable bonds is 3. The highest BCUT2D eigenvalue weighted by atomic mass is 35.5. The second-order valence-corrected chi connectivity index (χ2v) is 7.59. The van der Waals surface area contributed by atoms with Gasteiger partial charge in [-0.3, -0.25) is 4.79 Å². The van der Waals surface area contributed by atoms with Crippen molar-refractivity contribution in [1.82, 2.24) is 4.98 Å². The number of oxazole rings is 1. The Balaban J connectivity index is 1.68. The summed E-state index contributed by atoms with van der Waals surface area (Å²) in [6.45, 7) is 0. The van der Waals surface area contributed by atoms with Crippen LogP contribution in [0.5, 0.6) is 0 Å². The van der Waals surface area contributed by atoms with Gasteiger partial charge in [0.25, 0.3) is 5.91 Å². The van der Waals surface area contributed by atoms with Crippen LogP contribution < -0.4 is 5.32 Å². The van der Waals surface area contributed by atoms with Crippen molar-refractivity contribution in [3.05, 3.63) is 80.3 Å². The molecule has 4 rings (SSSR count). The lowest BCUT2D eigenvalue weighted by Gasteiger charge is -2.10. The summed E-state index contributed by atoms with van der Waals surface area (Å²) >= 11 is 24.3. The van der Waals surface area contributed by atoms with Crippen LogP contribution in [0.2, 0.25) is 20.1 Å². The molecule has 0 fully saturated rings. The minimum atomic E-state index is -0.434. The van der Waals surface area contributed by atoms with Gasteiger partial charge in [0.1, 0.15) is 5.52 Å². The van der Waals surface area contributed by atoms with Gasteiger partial charge in [-0.25, -0.2) is 4.98 Å². The zero-order chi connectivity index (χ0) is 19.8. The van der Waals surface area contributed by atoms with Crippen LogP contribution in [0.1, 0.15) is 10.4 Å². The Labute approximate surface area is 180 Å². The van der Waals surface area contributed by atoms with E-state index >= 15 is 0 Å². The molecule has 3 aromatic carbocycles. The van der Waals surface area contributed by atoms with Gasteiger partial charge in [-0.2, -0.15) is 0 Å². The number of anilines is 1. The number of amides is 1. The summed E-state index contributed by atoms with van der Waals surface area (Å²) in [6.07, 6.45) is 0. The van der Waals surface area contributed by atoms with Crippen molar-refractivity contribution in [2.24, 2.45) is 0 Å². The maximum absolute atomic E-state index is 12.6. The van der Waals surface area contributed by atoms with Gasteiger partial charge in [-0.05, 0) is 54.6 Å². The highest BCUT2D eigenvalue weighted by molar-refractivity contribution is 6.37. The van der Waals surface area contributed by atoms with Gasteiger partial charge in [-0.15, -0.1) is 0 Å². The molecule has 1 heterocycles. The maximum atomic E-state index is 12.6. The van der Waals surface area contributed by atoms with Gasteiger partial charge < -0.3 is 9.73 Å². The van der Waals surface area contributed by atoms with Crippen molar-refractivity contribution in [3.63, 3.8) is 0 Å². The third-order valence-electron chi connectivity index (χ3n) is 3.98. The maximum Gasteiger partial charge on any atom is 0.257 e. The first-order chi connectivity index (χ1) is 13.4. The predicted molar refractivity (Wildman–Crippen MR) is 114 cm³/mol. The molecular formula is C20H10Cl4N2O2. The van der Waals surface area contributed by atoms with E-state index in [9.17, 15) is 4.79 Å². The van der Waals surface area contributed by atoms with Crippen LogP contribution in [0.25, 0.3) is 22.6 Å². The third kappa shape index (κ3) is 3.82. The second-order valence-electron chi connectivity index (χ2n) is 5.90. The van der Waals surface area contributed by atoms with E-state index in [2.05, 4.69) is 10.3 Å². The molecule has 1 amide bonds. The minimum Gasteiger partial charge on any atom is -0.436 e. The molecule has 0 bridgehead atoms. The number of halogens is 4. The van der Waals surface area contributed by atoms with E-state index in [1.54, 1.807) is 48.5 Å². The molecule has 0 atom stereocenters. The van der Waals surface area contributed by atoms with Crippen LogP contribution in [-0.4, -0.2) is 10.9 Å². The van der Waals surface area contributed by atoms with Crippen molar-refractivity contribution < 1.29 is 9.21 Å². The van der Waals surface area contributed by atoms with Crippen LogP contribution in [0.15, 0.2) is 59.0 Å². The van der Waals surface area contributed by atoms with Crippen LogP contribution in [-0.2, 0) is 0 Å². The molecule has 0 saturated carbocycles. The number of benzene rings is 3. The third-order valence-corrected chi connectivity index (χ3v) is 5.11. The molecule has 28 heavy (non-hydrogen) atoms. The molecular weight excluding hydrogens is 442 g/mol. The highest BCUT2D eigenvalue weighted by Crippen LogP contribution is 2.32. The molecule has 0 spiro atoms. The summed E-state index contributed by atoms with van der Waals surface area (Å²) in [4.78, 5) is 17.0. The van der Waals surface area contributed by atoms with Gasteiger partial charge in [-0.1, -0.05) is 46.4 Å². The fourth-order valence-electron chi connectivity index (χ4n) is 2.64. The molecule has 0 aliphatic heterocycles. The lowest BCUT2D eigenvalue weighted by atomic mass is 10.1. The Morgan fingerprint density at radius 3 is 2.39 bits per heavy atom. The van der Waals surface area contributed by atoms with E-state index in [0.29, 0.717) is 43.3 Å². The van der Waals surface area contributed by atoms with E-state index in [1.165, 1.54) is 6.07 Å². The number of fused-ring (bicyclic) bond motifs is 1. The molecule has 140 valence electrons. The lowest BCUT2D eigenvalue weighted by molar-refractivity contribution is 0.102. The zero-order valence-corrected chi connectivity index (χ0v) is 17.0. The molecule has 4 nitrogen and oxygen atoms in total. The zero-order valence-electron chi connectivity index (χ0n) is 14.0. The number of hydrogen-bond acceptors (Lipinski definition) is 3. The molecule has 8 heteroatoms. The van der Waals surface area contributed by atoms with Gasteiger partial charge in [0.2, 0.25) is 5.89 Å². The predicted octanol–water partition coefficient (Wildman–Crippen LogP) is 7.36. The first-order valence-corrected chi connectivity index (χ1v) is 9.54. The Morgan fingerprint density at radius 2 is 1.57 bits per heavy atom. The minimum absolute atomic E-state index is 0.243. The smallest absolute Gasteiger partial charge is 0.257 e. The van der Waals surface area contributed by atoms with E-state index < -0.39 is 5.91 Å². The SMILES string of the molecule is O=C(Nc1cc(-c2nc3cc(Cl)ccc3o2)ccc1Cl)c1cc(Cl)ccc1Cl. The fraction of sp³-hybridized carbons (Fsp3) is 0. The normalized spacial score (nSPS) is 11.0. The Hall–Kier alpha value is -2.24. The van der Waals surface area contributed by atoms with Crippen molar-refractivity contribution in [2.75, 3.05) is 5.32 Å². The Kier molecular flexibility index (Phi) is 5.21. The largest absolute Gasteiger partial charge is 0.436 e. The second kappa shape index (κ2) is 7.64. The topological polar surface area (TPSA) is 55.1 Å². The summed E-state index contributed by atoms with van der Waals surface area (Å²) in [5, 5.41) is 4.35. The summed E-state index contributed by atoms with van der Waals surface area (Å²) in [6, 6.07) is 14.9. The van der Waals surface area contributed by atoms with Crippen LogP contribution >= 0.6 is 46.4 Å². The van der Waals surface area contributed by atoms with Crippen molar-refractivity contribution in [1.29, 1.82) is 0 Å². The van der Waals surface area contributed by atoms with E-state index in [0.717, 1.165) is 0 Å². The van der Waals surface area contributed by atoms with Gasteiger partial charge in [0, 0.05) is 15.6 Å². The average Bonchev–Trinajstić information content (AvgIpc) is 3.08. The van der Waals surface area contributed by atoms with E-state index in [-0.39, 0.29) is 10.6 Å². The number of hydrogen-bond donors (Lipinski definition) is 1. The molecule has 1 aromatic heterocycles. The number of nitrogens with one attached hydrogen (secondary N) is 1. The van der Waals surface area contributed by atoms with Crippen molar-refractivity contribution in [2.45, 2.75) is 0 Å². The summed E-state index contributed by atoms with van der Waals surface area (Å²) in [7, 11) is 0. The summed E-state index contributed by atoms with van der Waals surface area (Å²) < 4.78 is 5.76. The monoisotopic (exact) mass is 450 g/mol. The molecule has 0 aliphatic rings. The first-order valence-electron chi connectivity index (χ1n) is 8.03. The van der Waals surface area contributed by atoms with Crippen LogP contribution in [0.3, 0.4) is 0 Å². The van der Waals surface area contributed by atoms with Gasteiger partial charge >= 0.3 is 0 Å². The quantitative estimate of drug-likeness (QED) is 0.354. The van der Waals surface area contributed by atoms with Crippen LogP contribution in [0.4, 0.5) is 5.69 Å². The lowest BCUT2D eigenvalue weighted by Crippen LogP contribution is -2.13. The Morgan fingerprint density at radius 1 is 0.857 bits per heavy atom. The van der Waals surface area contributed by atoms with Crippen molar-refractivity contribution in [3.8, 4) is 11.5 Å². The molecule has 0 radical (unpaired) electrons. The first kappa shape index (κ1) is 19.1.